The van der Waals surface area contributed by atoms with Gasteiger partial charge in [0.05, 0.1) is 11.3 Å². The number of aryl methyl sites for hydroxylation is 2. The molecule has 3 aromatic heterocycles. The average molecular weight is 353 g/mol. The predicted octanol–water partition coefficient (Wildman–Crippen LogP) is 3.27. The summed E-state index contributed by atoms with van der Waals surface area (Å²) in [5, 5.41) is 22.8. The molecule has 0 N–H and O–H groups in total. The molecule has 0 unspecified atom stereocenters. The smallest absolute Gasteiger partial charge is 0.196 e. The van der Waals surface area contributed by atoms with Gasteiger partial charge in [-0.3, -0.25) is 4.40 Å². The number of rotatable bonds is 6. The lowest BCUT2D eigenvalue weighted by Crippen LogP contribution is -2.05. The van der Waals surface area contributed by atoms with Crippen LogP contribution in [0.25, 0.3) is 16.6 Å². The molecule has 4 aromatic rings. The highest BCUT2D eigenvalue weighted by molar-refractivity contribution is 7.98. The summed E-state index contributed by atoms with van der Waals surface area (Å²) in [5.74, 6) is 1.53. The Morgan fingerprint density at radius 2 is 2.00 bits per heavy atom. The number of hydrogen-bond acceptors (Lipinski definition) is 6. The highest BCUT2D eigenvalue weighted by Gasteiger charge is 2.13. The second-order valence-corrected chi connectivity index (χ2v) is 6.92. The van der Waals surface area contributed by atoms with Crippen molar-refractivity contribution >= 4 is 28.3 Å². The first-order valence-corrected chi connectivity index (χ1v) is 9.38. The summed E-state index contributed by atoms with van der Waals surface area (Å²) in [6.07, 6.45) is 2.19. The van der Waals surface area contributed by atoms with E-state index in [9.17, 15) is 0 Å². The average Bonchev–Trinajstić information content (AvgIpc) is 3.25. The van der Waals surface area contributed by atoms with Crippen molar-refractivity contribution in [3.05, 3.63) is 41.7 Å². The third-order valence-electron chi connectivity index (χ3n) is 4.23. The largest absolute Gasteiger partial charge is 0.270 e. The van der Waals surface area contributed by atoms with E-state index in [1.165, 1.54) is 10.9 Å². The molecule has 0 atom stereocenters. The predicted molar refractivity (Wildman–Crippen MR) is 97.5 cm³/mol. The first-order chi connectivity index (χ1) is 12.3. The molecular weight excluding hydrogens is 334 g/mol. The normalized spacial score (nSPS) is 11.6. The van der Waals surface area contributed by atoms with Crippen molar-refractivity contribution in [2.45, 2.75) is 44.1 Å². The van der Waals surface area contributed by atoms with Crippen LogP contribution in [0.1, 0.15) is 31.2 Å². The topological polar surface area (TPSA) is 73.8 Å². The van der Waals surface area contributed by atoms with Crippen molar-refractivity contribution in [2.75, 3.05) is 0 Å². The highest BCUT2D eigenvalue weighted by atomic mass is 32.2. The molecular formula is C17H19N7S. The molecule has 0 saturated carbocycles. The van der Waals surface area contributed by atoms with Crippen molar-refractivity contribution in [1.82, 2.24) is 34.8 Å². The van der Waals surface area contributed by atoms with Gasteiger partial charge in [-0.15, -0.1) is 15.3 Å². The standard InChI is InChI=1S/C17H19N7S/c1-3-4-9-23-16(19-21-22-23)11-25-17-20-18-15-10-12(2)13-7-5-6-8-14(13)24(15)17/h5-8,10H,3-4,9,11H2,1-2H3. The Morgan fingerprint density at radius 3 is 2.88 bits per heavy atom. The van der Waals surface area contributed by atoms with Crippen LogP contribution in [0.2, 0.25) is 0 Å². The lowest BCUT2D eigenvalue weighted by Gasteiger charge is -2.07. The van der Waals surface area contributed by atoms with E-state index in [2.05, 4.69) is 68.2 Å². The van der Waals surface area contributed by atoms with Crippen LogP contribution < -0.4 is 0 Å². The van der Waals surface area contributed by atoms with E-state index in [0.29, 0.717) is 5.75 Å². The fourth-order valence-electron chi connectivity index (χ4n) is 2.91. The zero-order valence-corrected chi connectivity index (χ0v) is 15.1. The zero-order valence-electron chi connectivity index (χ0n) is 14.3. The Morgan fingerprint density at radius 1 is 1.12 bits per heavy atom. The summed E-state index contributed by atoms with van der Waals surface area (Å²) in [6, 6.07) is 10.4. The van der Waals surface area contributed by atoms with Crippen LogP contribution >= 0.6 is 11.8 Å². The van der Waals surface area contributed by atoms with E-state index in [1.54, 1.807) is 11.8 Å². The zero-order chi connectivity index (χ0) is 17.2. The van der Waals surface area contributed by atoms with Gasteiger partial charge in [0.15, 0.2) is 16.6 Å². The fraction of sp³-hybridized carbons (Fsp3) is 0.353. The Hall–Kier alpha value is -2.48. The molecule has 0 radical (unpaired) electrons. The number of nitrogens with zero attached hydrogens (tertiary/aromatic N) is 7. The van der Waals surface area contributed by atoms with Crippen LogP contribution in [0, 0.1) is 6.92 Å². The van der Waals surface area contributed by atoms with Crippen LogP contribution in [0.3, 0.4) is 0 Å². The maximum Gasteiger partial charge on any atom is 0.196 e. The molecule has 128 valence electrons. The molecule has 7 nitrogen and oxygen atoms in total. The quantitative estimate of drug-likeness (QED) is 0.495. The van der Waals surface area contributed by atoms with Gasteiger partial charge in [-0.2, -0.15) is 0 Å². The second-order valence-electron chi connectivity index (χ2n) is 5.98. The molecule has 0 spiro atoms. The van der Waals surface area contributed by atoms with Gasteiger partial charge in [0.1, 0.15) is 0 Å². The monoisotopic (exact) mass is 353 g/mol. The Labute approximate surface area is 149 Å². The SMILES string of the molecule is CCCCn1nnnc1CSc1nnc2cc(C)c3ccccc3n12. The number of hydrogen-bond donors (Lipinski definition) is 0. The number of pyridine rings is 1. The third-order valence-corrected chi connectivity index (χ3v) is 5.16. The molecule has 3 heterocycles. The molecule has 0 amide bonds. The Kier molecular flexibility index (Phi) is 4.35. The Bertz CT molecular complexity index is 1020. The summed E-state index contributed by atoms with van der Waals surface area (Å²) in [7, 11) is 0. The number of fused-ring (bicyclic) bond motifs is 3. The minimum absolute atomic E-state index is 0.666. The molecule has 8 heteroatoms. The van der Waals surface area contributed by atoms with E-state index in [1.807, 2.05) is 10.7 Å². The van der Waals surface area contributed by atoms with Crippen molar-refractivity contribution < 1.29 is 0 Å². The second kappa shape index (κ2) is 6.79. The lowest BCUT2D eigenvalue weighted by atomic mass is 10.1. The molecule has 0 aliphatic carbocycles. The van der Waals surface area contributed by atoms with E-state index in [4.69, 9.17) is 0 Å². The van der Waals surface area contributed by atoms with E-state index in [-0.39, 0.29) is 0 Å². The van der Waals surface area contributed by atoms with E-state index in [0.717, 1.165) is 41.5 Å². The van der Waals surface area contributed by atoms with Gasteiger partial charge in [0.2, 0.25) is 0 Å². The number of unbranched alkanes of at least 4 members (excludes halogenated alkanes) is 1. The van der Waals surface area contributed by atoms with Gasteiger partial charge in [0.25, 0.3) is 0 Å². The van der Waals surface area contributed by atoms with Gasteiger partial charge < -0.3 is 0 Å². The minimum atomic E-state index is 0.666. The fourth-order valence-corrected chi connectivity index (χ4v) is 3.79. The highest BCUT2D eigenvalue weighted by Crippen LogP contribution is 2.27. The maximum absolute atomic E-state index is 4.38. The molecule has 0 aliphatic rings. The maximum atomic E-state index is 4.38. The number of para-hydroxylation sites is 1. The molecule has 25 heavy (non-hydrogen) atoms. The van der Waals surface area contributed by atoms with Gasteiger partial charge >= 0.3 is 0 Å². The van der Waals surface area contributed by atoms with Crippen molar-refractivity contribution in [3.8, 4) is 0 Å². The van der Waals surface area contributed by atoms with Gasteiger partial charge in [-0.25, -0.2) is 4.68 Å². The van der Waals surface area contributed by atoms with Crippen molar-refractivity contribution in [3.63, 3.8) is 0 Å². The Balaban J connectivity index is 1.67. The summed E-state index contributed by atoms with van der Waals surface area (Å²) < 4.78 is 3.98. The number of thioether (sulfide) groups is 1. The summed E-state index contributed by atoms with van der Waals surface area (Å²) in [4.78, 5) is 0. The molecule has 0 aliphatic heterocycles. The van der Waals surface area contributed by atoms with Gasteiger partial charge in [-0.05, 0) is 41.5 Å². The van der Waals surface area contributed by atoms with Crippen molar-refractivity contribution in [2.24, 2.45) is 0 Å². The summed E-state index contributed by atoms with van der Waals surface area (Å²) >= 11 is 1.61. The van der Waals surface area contributed by atoms with Crippen LogP contribution in [0.5, 0.6) is 0 Å². The van der Waals surface area contributed by atoms with Gasteiger partial charge in [-0.1, -0.05) is 43.3 Å². The molecule has 4 rings (SSSR count). The first-order valence-electron chi connectivity index (χ1n) is 8.39. The first kappa shape index (κ1) is 16.0. The number of aromatic nitrogens is 7. The molecule has 0 saturated heterocycles. The van der Waals surface area contributed by atoms with Crippen LogP contribution in [0.15, 0.2) is 35.5 Å². The van der Waals surface area contributed by atoms with E-state index < -0.39 is 0 Å². The third kappa shape index (κ3) is 2.97. The summed E-state index contributed by atoms with van der Waals surface area (Å²) in [5.41, 5.74) is 3.19. The van der Waals surface area contributed by atoms with Gasteiger partial charge in [0, 0.05) is 11.9 Å². The number of tetrazole rings is 1. The lowest BCUT2D eigenvalue weighted by molar-refractivity contribution is 0.540. The van der Waals surface area contributed by atoms with Crippen LogP contribution in [0.4, 0.5) is 0 Å². The molecule has 0 bridgehead atoms. The van der Waals surface area contributed by atoms with Crippen LogP contribution in [-0.2, 0) is 12.3 Å². The molecule has 0 fully saturated rings. The molecule has 1 aromatic carbocycles. The van der Waals surface area contributed by atoms with Crippen LogP contribution in [-0.4, -0.2) is 34.8 Å². The van der Waals surface area contributed by atoms with E-state index >= 15 is 0 Å². The summed E-state index contributed by atoms with van der Waals surface area (Å²) in [6.45, 7) is 5.11. The number of benzene rings is 1. The van der Waals surface area contributed by atoms with Crippen molar-refractivity contribution in [1.29, 1.82) is 0 Å². The minimum Gasteiger partial charge on any atom is -0.270 e.